The number of halogens is 2. The number of hydrogen-bond acceptors (Lipinski definition) is 2. The third-order valence-corrected chi connectivity index (χ3v) is 6.39. The van der Waals surface area contributed by atoms with E-state index in [1.54, 1.807) is 6.20 Å². The maximum Gasteiger partial charge on any atom is 0.140 e. The lowest BCUT2D eigenvalue weighted by atomic mass is 9.77. The van der Waals surface area contributed by atoms with Gasteiger partial charge in [0.25, 0.3) is 0 Å². The van der Waals surface area contributed by atoms with Crippen molar-refractivity contribution in [1.29, 1.82) is 0 Å². The van der Waals surface area contributed by atoms with Crippen molar-refractivity contribution in [2.45, 2.75) is 5.54 Å². The second kappa shape index (κ2) is 7.85. The van der Waals surface area contributed by atoms with Crippen LogP contribution in [0.5, 0.6) is 0 Å². The smallest absolute Gasteiger partial charge is 0.140 e. The molecule has 0 bridgehead atoms. The van der Waals surface area contributed by atoms with Crippen molar-refractivity contribution in [3.05, 3.63) is 129 Å². The SMILES string of the molecule is Clc1ccc(I)cc1C(c1ccccc1)(c1ccccc1)n1ncc2cnccc21. The number of hydrogen-bond donors (Lipinski definition) is 0. The van der Waals surface area contributed by atoms with Crippen LogP contribution in [0.2, 0.25) is 5.02 Å². The molecule has 3 nitrogen and oxygen atoms in total. The van der Waals surface area contributed by atoms with Crippen LogP contribution in [0.4, 0.5) is 0 Å². The van der Waals surface area contributed by atoms with Gasteiger partial charge < -0.3 is 0 Å². The molecule has 0 amide bonds. The summed E-state index contributed by atoms with van der Waals surface area (Å²) in [7, 11) is 0. The number of pyridine rings is 1. The Balaban J connectivity index is 2.00. The Morgan fingerprint density at radius 1 is 0.800 bits per heavy atom. The minimum absolute atomic E-state index is 0.695. The molecule has 0 aliphatic heterocycles. The molecular weight excluding hydrogens is 505 g/mol. The molecule has 0 aliphatic carbocycles. The second-order valence-corrected chi connectivity index (χ2v) is 8.71. The van der Waals surface area contributed by atoms with E-state index in [4.69, 9.17) is 16.7 Å². The molecule has 2 heterocycles. The van der Waals surface area contributed by atoms with Crippen molar-refractivity contribution in [2.75, 3.05) is 0 Å². The van der Waals surface area contributed by atoms with Crippen LogP contribution in [0.15, 0.2) is 104 Å². The summed E-state index contributed by atoms with van der Waals surface area (Å²) in [6.07, 6.45) is 5.51. The van der Waals surface area contributed by atoms with Crippen LogP contribution in [0.3, 0.4) is 0 Å². The number of aromatic nitrogens is 3. The van der Waals surface area contributed by atoms with E-state index in [-0.39, 0.29) is 0 Å². The maximum atomic E-state index is 6.89. The first kappa shape index (κ1) is 19.3. The fourth-order valence-electron chi connectivity index (χ4n) is 4.11. The topological polar surface area (TPSA) is 30.7 Å². The zero-order valence-electron chi connectivity index (χ0n) is 15.9. The van der Waals surface area contributed by atoms with Gasteiger partial charge in [0, 0.05) is 31.9 Å². The van der Waals surface area contributed by atoms with Crippen molar-refractivity contribution in [3.8, 4) is 0 Å². The van der Waals surface area contributed by atoms with Gasteiger partial charge in [0.1, 0.15) is 5.54 Å². The van der Waals surface area contributed by atoms with E-state index in [1.807, 2.05) is 42.7 Å². The predicted molar refractivity (Wildman–Crippen MR) is 130 cm³/mol. The first-order chi connectivity index (χ1) is 14.7. The Bertz CT molecular complexity index is 1280. The predicted octanol–water partition coefficient (Wildman–Crippen LogP) is 6.53. The molecule has 0 radical (unpaired) electrons. The van der Waals surface area contributed by atoms with E-state index in [2.05, 4.69) is 86.9 Å². The Morgan fingerprint density at radius 3 is 2.13 bits per heavy atom. The molecule has 146 valence electrons. The molecule has 0 unspecified atom stereocenters. The molecular formula is C25H17ClIN3. The minimum Gasteiger partial charge on any atom is -0.264 e. The zero-order chi connectivity index (χ0) is 20.6. The van der Waals surface area contributed by atoms with Gasteiger partial charge in [0.2, 0.25) is 0 Å². The molecule has 0 saturated heterocycles. The average Bonchev–Trinajstić information content (AvgIpc) is 3.23. The van der Waals surface area contributed by atoms with Crippen LogP contribution >= 0.6 is 34.2 Å². The highest BCUT2D eigenvalue weighted by atomic mass is 127. The molecule has 5 heteroatoms. The van der Waals surface area contributed by atoms with Gasteiger partial charge >= 0.3 is 0 Å². The normalized spacial score (nSPS) is 11.7. The van der Waals surface area contributed by atoms with Crippen LogP contribution in [0.1, 0.15) is 16.7 Å². The van der Waals surface area contributed by atoms with E-state index < -0.39 is 5.54 Å². The summed E-state index contributed by atoms with van der Waals surface area (Å²) in [6.45, 7) is 0. The van der Waals surface area contributed by atoms with Gasteiger partial charge in [-0.1, -0.05) is 72.3 Å². The fraction of sp³-hybridized carbons (Fsp3) is 0.0400. The molecule has 5 aromatic rings. The molecule has 2 aromatic heterocycles. The van der Waals surface area contributed by atoms with Crippen molar-refractivity contribution in [3.63, 3.8) is 0 Å². The summed E-state index contributed by atoms with van der Waals surface area (Å²) in [5, 5.41) is 6.56. The number of nitrogens with zero attached hydrogens (tertiary/aromatic N) is 3. The van der Waals surface area contributed by atoms with E-state index in [0.717, 1.165) is 31.2 Å². The number of rotatable bonds is 4. The Morgan fingerprint density at radius 2 is 1.47 bits per heavy atom. The summed E-state index contributed by atoms with van der Waals surface area (Å²) in [4.78, 5) is 4.28. The third kappa shape index (κ3) is 3.02. The molecule has 0 fully saturated rings. The lowest BCUT2D eigenvalue weighted by molar-refractivity contribution is 0.476. The van der Waals surface area contributed by atoms with Crippen molar-refractivity contribution >= 4 is 45.1 Å². The monoisotopic (exact) mass is 521 g/mol. The van der Waals surface area contributed by atoms with E-state index in [9.17, 15) is 0 Å². The van der Waals surface area contributed by atoms with Gasteiger partial charge in [-0.05, 0) is 58.0 Å². The number of benzene rings is 3. The number of fused-ring (bicyclic) bond motifs is 1. The molecule has 30 heavy (non-hydrogen) atoms. The van der Waals surface area contributed by atoms with Crippen LogP contribution < -0.4 is 0 Å². The maximum absolute atomic E-state index is 6.89. The molecule has 3 aromatic carbocycles. The largest absolute Gasteiger partial charge is 0.264 e. The minimum atomic E-state index is -0.746. The highest BCUT2D eigenvalue weighted by molar-refractivity contribution is 14.1. The van der Waals surface area contributed by atoms with E-state index >= 15 is 0 Å². The summed E-state index contributed by atoms with van der Waals surface area (Å²) >= 11 is 9.23. The van der Waals surface area contributed by atoms with Gasteiger partial charge in [-0.25, -0.2) is 4.68 Å². The second-order valence-electron chi connectivity index (χ2n) is 7.06. The van der Waals surface area contributed by atoms with Gasteiger partial charge in [0.05, 0.1) is 11.7 Å². The molecule has 5 rings (SSSR count). The first-order valence-corrected chi connectivity index (χ1v) is 11.0. The third-order valence-electron chi connectivity index (χ3n) is 5.39. The van der Waals surface area contributed by atoms with E-state index in [1.165, 1.54) is 0 Å². The van der Waals surface area contributed by atoms with Crippen LogP contribution in [0.25, 0.3) is 10.9 Å². The Labute approximate surface area is 193 Å². The quantitative estimate of drug-likeness (QED) is 0.199. The van der Waals surface area contributed by atoms with Gasteiger partial charge in [-0.3, -0.25) is 4.98 Å². The molecule has 0 aliphatic rings. The molecule has 0 saturated carbocycles. The summed E-state index contributed by atoms with van der Waals surface area (Å²) in [5.41, 5.74) is 3.40. The van der Waals surface area contributed by atoms with Gasteiger partial charge in [-0.15, -0.1) is 0 Å². The fourth-order valence-corrected chi connectivity index (χ4v) is 4.86. The standard InChI is InChI=1S/C25H17ClIN3/c26-23-12-11-21(27)15-22(23)25(19-7-3-1-4-8-19,20-9-5-2-6-10-20)30-24-13-14-28-16-18(24)17-29-30/h1-17H. The average molecular weight is 522 g/mol. The van der Waals surface area contributed by atoms with Crippen LogP contribution in [-0.4, -0.2) is 14.8 Å². The van der Waals surface area contributed by atoms with Crippen molar-refractivity contribution < 1.29 is 0 Å². The lowest BCUT2D eigenvalue weighted by Gasteiger charge is -2.37. The van der Waals surface area contributed by atoms with Crippen molar-refractivity contribution in [1.82, 2.24) is 14.8 Å². The molecule has 0 atom stereocenters. The summed E-state index contributed by atoms with van der Waals surface area (Å²) in [5.74, 6) is 0. The molecule has 0 spiro atoms. The highest BCUT2D eigenvalue weighted by Gasteiger charge is 2.41. The highest BCUT2D eigenvalue weighted by Crippen LogP contribution is 2.45. The van der Waals surface area contributed by atoms with Gasteiger partial charge in [0.15, 0.2) is 0 Å². The zero-order valence-corrected chi connectivity index (χ0v) is 18.8. The lowest BCUT2D eigenvalue weighted by Crippen LogP contribution is -2.39. The summed E-state index contributed by atoms with van der Waals surface area (Å²) in [6, 6.07) is 29.0. The van der Waals surface area contributed by atoms with E-state index in [0.29, 0.717) is 5.02 Å². The summed E-state index contributed by atoms with van der Waals surface area (Å²) < 4.78 is 3.19. The molecule has 0 N–H and O–H groups in total. The van der Waals surface area contributed by atoms with Crippen molar-refractivity contribution in [2.24, 2.45) is 0 Å². The van der Waals surface area contributed by atoms with Gasteiger partial charge in [-0.2, -0.15) is 5.10 Å². The van der Waals surface area contributed by atoms with Crippen LogP contribution in [-0.2, 0) is 5.54 Å². The first-order valence-electron chi connectivity index (χ1n) is 9.56. The Hall–Kier alpha value is -2.70. The van der Waals surface area contributed by atoms with Crippen LogP contribution in [0, 0.1) is 3.57 Å². The Kier molecular flexibility index (Phi) is 5.05.